The van der Waals surface area contributed by atoms with Crippen molar-refractivity contribution in [1.29, 1.82) is 0 Å². The molecule has 2 atom stereocenters. The molecule has 4 aromatic rings. The van der Waals surface area contributed by atoms with Crippen molar-refractivity contribution in [2.45, 2.75) is 18.3 Å². The second kappa shape index (κ2) is 8.62. The van der Waals surface area contributed by atoms with Gasteiger partial charge in [0.25, 0.3) is 0 Å². The molecule has 4 rings (SSSR count). The number of benzene rings is 2. The van der Waals surface area contributed by atoms with Crippen molar-refractivity contribution in [3.05, 3.63) is 78.2 Å². The number of aromatic nitrogens is 2. The summed E-state index contributed by atoms with van der Waals surface area (Å²) in [5.74, 6) is 0. The van der Waals surface area contributed by atoms with Crippen molar-refractivity contribution < 1.29 is 18.3 Å². The molecule has 160 valence electrons. The van der Waals surface area contributed by atoms with E-state index in [9.17, 15) is 18.3 Å². The van der Waals surface area contributed by atoms with Crippen LogP contribution in [0.15, 0.2) is 67.1 Å². The van der Waals surface area contributed by atoms with E-state index in [0.29, 0.717) is 10.7 Å². The molecule has 0 spiro atoms. The molecule has 0 radical (unpaired) electrons. The van der Waals surface area contributed by atoms with Gasteiger partial charge < -0.3 is 16.2 Å². The Kier molecular flexibility index (Phi) is 5.90. The van der Waals surface area contributed by atoms with E-state index in [-0.39, 0.29) is 6.54 Å². The van der Waals surface area contributed by atoms with Gasteiger partial charge in [-0.2, -0.15) is 13.2 Å². The van der Waals surface area contributed by atoms with Crippen LogP contribution in [0.4, 0.5) is 18.3 Å². The minimum Gasteiger partial charge on any atom is -0.387 e. The van der Waals surface area contributed by atoms with Crippen molar-refractivity contribution in [3.8, 4) is 10.4 Å². The van der Waals surface area contributed by atoms with Crippen LogP contribution in [0, 0.1) is 0 Å². The Labute approximate surface area is 180 Å². The molecule has 0 aliphatic rings. The van der Waals surface area contributed by atoms with Crippen LogP contribution in [-0.2, 0) is 6.18 Å². The average Bonchev–Trinajstić information content (AvgIpc) is 3.25. The van der Waals surface area contributed by atoms with Gasteiger partial charge in [0.05, 0.1) is 22.6 Å². The molecule has 4 N–H and O–H groups in total. The molecule has 0 aliphatic carbocycles. The molecule has 2 aromatic carbocycles. The maximum atomic E-state index is 12.7. The van der Waals surface area contributed by atoms with Gasteiger partial charge in [-0.15, -0.1) is 0 Å². The molecule has 9 heteroatoms. The minimum absolute atomic E-state index is 0.207. The third kappa shape index (κ3) is 4.84. The first kappa shape index (κ1) is 21.2. The quantitative estimate of drug-likeness (QED) is 0.396. The van der Waals surface area contributed by atoms with E-state index >= 15 is 0 Å². The lowest BCUT2D eigenvalue weighted by Gasteiger charge is -2.20. The molecule has 0 saturated carbocycles. The Hall–Kier alpha value is -3.01. The van der Waals surface area contributed by atoms with E-state index in [2.05, 4.69) is 21.4 Å². The highest BCUT2D eigenvalue weighted by Crippen LogP contribution is 2.32. The van der Waals surface area contributed by atoms with Crippen LogP contribution in [0.2, 0.25) is 0 Å². The Balaban J connectivity index is 1.39. The summed E-state index contributed by atoms with van der Waals surface area (Å²) in [5.41, 5.74) is 6.62. The van der Waals surface area contributed by atoms with Gasteiger partial charge in [0.2, 0.25) is 0 Å². The molecule has 2 heterocycles. The minimum atomic E-state index is -4.42. The van der Waals surface area contributed by atoms with Crippen molar-refractivity contribution in [2.75, 3.05) is 11.9 Å². The van der Waals surface area contributed by atoms with E-state index in [4.69, 9.17) is 5.73 Å². The first-order valence-electron chi connectivity index (χ1n) is 9.46. The van der Waals surface area contributed by atoms with Crippen LogP contribution in [0.25, 0.3) is 21.2 Å². The lowest BCUT2D eigenvalue weighted by molar-refractivity contribution is -0.137. The van der Waals surface area contributed by atoms with Crippen LogP contribution in [0.1, 0.15) is 17.2 Å². The zero-order valence-corrected chi connectivity index (χ0v) is 17.0. The van der Waals surface area contributed by atoms with E-state index in [1.807, 2.05) is 24.4 Å². The van der Waals surface area contributed by atoms with Gasteiger partial charge >= 0.3 is 6.18 Å². The van der Waals surface area contributed by atoms with Gasteiger partial charge in [-0.05, 0) is 40.8 Å². The first-order chi connectivity index (χ1) is 14.8. The smallest absolute Gasteiger partial charge is 0.387 e. The number of thiazole rings is 1. The zero-order chi connectivity index (χ0) is 22.0. The molecule has 0 saturated heterocycles. The van der Waals surface area contributed by atoms with Crippen molar-refractivity contribution in [2.24, 2.45) is 5.73 Å². The topological polar surface area (TPSA) is 84.1 Å². The number of fused-ring (bicyclic) bond motifs is 1. The monoisotopic (exact) mass is 444 g/mol. The van der Waals surface area contributed by atoms with Gasteiger partial charge in [-0.25, -0.2) is 4.98 Å². The number of anilines is 1. The molecule has 0 amide bonds. The zero-order valence-electron chi connectivity index (χ0n) is 16.2. The van der Waals surface area contributed by atoms with Crippen LogP contribution < -0.4 is 11.1 Å². The average molecular weight is 444 g/mol. The fourth-order valence-electron chi connectivity index (χ4n) is 3.16. The number of hydrogen-bond acceptors (Lipinski definition) is 6. The summed E-state index contributed by atoms with van der Waals surface area (Å²) in [6, 6.07) is 11.6. The fraction of sp³-hybridized carbons (Fsp3) is 0.182. The highest BCUT2D eigenvalue weighted by molar-refractivity contribution is 7.18. The van der Waals surface area contributed by atoms with Crippen LogP contribution in [0.3, 0.4) is 0 Å². The van der Waals surface area contributed by atoms with Gasteiger partial charge in [-0.3, -0.25) is 4.98 Å². The predicted octanol–water partition coefficient (Wildman–Crippen LogP) is 4.85. The SMILES string of the molecule is N[C@H](CNc1ncc(-c2ccc3cnccc3c2)s1)[C@@H](O)c1ccc(C(F)(F)F)cc1. The number of rotatable bonds is 6. The second-order valence-electron chi connectivity index (χ2n) is 7.08. The number of nitrogens with one attached hydrogen (secondary N) is 1. The molecular weight excluding hydrogens is 425 g/mol. The van der Waals surface area contributed by atoms with Crippen LogP contribution in [-0.4, -0.2) is 27.7 Å². The summed E-state index contributed by atoms with van der Waals surface area (Å²) >= 11 is 1.45. The molecular formula is C22H19F3N4OS. The Morgan fingerprint density at radius 1 is 1.03 bits per heavy atom. The lowest BCUT2D eigenvalue weighted by Crippen LogP contribution is -2.35. The Bertz CT molecular complexity index is 1180. The summed E-state index contributed by atoms with van der Waals surface area (Å²) in [4.78, 5) is 9.43. The molecule has 31 heavy (non-hydrogen) atoms. The number of halogens is 3. The normalized spacial score (nSPS) is 13.8. The molecule has 5 nitrogen and oxygen atoms in total. The number of aliphatic hydroxyl groups excluding tert-OH is 1. The molecule has 0 aliphatic heterocycles. The number of hydrogen-bond donors (Lipinski definition) is 3. The Morgan fingerprint density at radius 3 is 2.55 bits per heavy atom. The highest BCUT2D eigenvalue weighted by Gasteiger charge is 2.30. The van der Waals surface area contributed by atoms with Crippen LogP contribution in [0.5, 0.6) is 0 Å². The first-order valence-corrected chi connectivity index (χ1v) is 10.3. The van der Waals surface area contributed by atoms with Gasteiger partial charge in [-0.1, -0.05) is 35.6 Å². The summed E-state index contributed by atoms with van der Waals surface area (Å²) in [6.07, 6.45) is -0.217. The molecule has 0 fully saturated rings. The van der Waals surface area contributed by atoms with Crippen molar-refractivity contribution in [1.82, 2.24) is 9.97 Å². The standard InChI is InChI=1S/C22H19F3N4OS/c23-22(24,25)17-5-3-13(4-6-17)20(30)18(26)11-28-21-29-12-19(31-21)15-1-2-16-10-27-8-7-14(16)9-15/h1-10,12,18,20,30H,11,26H2,(H,28,29)/t18-,20+/m1/s1. The van der Waals surface area contributed by atoms with Crippen molar-refractivity contribution in [3.63, 3.8) is 0 Å². The van der Waals surface area contributed by atoms with E-state index in [1.165, 1.54) is 23.5 Å². The number of alkyl halides is 3. The molecule has 2 aromatic heterocycles. The van der Waals surface area contributed by atoms with Gasteiger partial charge in [0.1, 0.15) is 0 Å². The van der Waals surface area contributed by atoms with E-state index < -0.39 is 23.9 Å². The molecule has 0 unspecified atom stereocenters. The highest BCUT2D eigenvalue weighted by atomic mass is 32.1. The third-order valence-corrected chi connectivity index (χ3v) is 5.91. The third-order valence-electron chi connectivity index (χ3n) is 4.90. The molecule has 0 bridgehead atoms. The number of nitrogens with two attached hydrogens (primary N) is 1. The summed E-state index contributed by atoms with van der Waals surface area (Å²) < 4.78 is 38.1. The van der Waals surface area contributed by atoms with Gasteiger partial charge in [0.15, 0.2) is 5.13 Å². The summed E-state index contributed by atoms with van der Waals surface area (Å²) in [5, 5.41) is 16.2. The largest absolute Gasteiger partial charge is 0.416 e. The lowest BCUT2D eigenvalue weighted by atomic mass is 10.0. The Morgan fingerprint density at radius 2 is 1.81 bits per heavy atom. The maximum absolute atomic E-state index is 12.7. The van der Waals surface area contributed by atoms with E-state index in [0.717, 1.165) is 33.3 Å². The maximum Gasteiger partial charge on any atom is 0.416 e. The number of pyridine rings is 1. The summed E-state index contributed by atoms with van der Waals surface area (Å²) in [7, 11) is 0. The van der Waals surface area contributed by atoms with Gasteiger partial charge in [0, 0.05) is 30.5 Å². The number of nitrogens with zero attached hydrogens (tertiary/aromatic N) is 2. The van der Waals surface area contributed by atoms with Crippen molar-refractivity contribution >= 4 is 27.2 Å². The second-order valence-corrected chi connectivity index (χ2v) is 8.11. The fourth-order valence-corrected chi connectivity index (χ4v) is 3.98. The van der Waals surface area contributed by atoms with Crippen LogP contribution >= 0.6 is 11.3 Å². The van der Waals surface area contributed by atoms with E-state index in [1.54, 1.807) is 12.4 Å². The number of aliphatic hydroxyl groups is 1. The predicted molar refractivity (Wildman–Crippen MR) is 116 cm³/mol. The summed E-state index contributed by atoms with van der Waals surface area (Å²) in [6.45, 7) is 0.207.